The minimum Gasteiger partial charge on any atom is -0.374 e. The third kappa shape index (κ3) is 3.03. The van der Waals surface area contributed by atoms with Crippen LogP contribution in [0.5, 0.6) is 0 Å². The molecule has 0 aromatic carbocycles. The highest BCUT2D eigenvalue weighted by Gasteiger charge is 2.49. The van der Waals surface area contributed by atoms with Crippen LogP contribution in [0, 0.1) is 5.41 Å². The van der Waals surface area contributed by atoms with Crippen LogP contribution in [0.25, 0.3) is 0 Å². The molecular formula is C15H29NO. The second kappa shape index (κ2) is 5.71. The molecule has 0 aliphatic heterocycles. The van der Waals surface area contributed by atoms with Crippen LogP contribution >= 0.6 is 0 Å². The highest BCUT2D eigenvalue weighted by molar-refractivity contribution is 5.03. The molecule has 0 bridgehead atoms. The average molecular weight is 239 g/mol. The second-order valence-electron chi connectivity index (χ2n) is 6.45. The van der Waals surface area contributed by atoms with Crippen molar-refractivity contribution in [3.05, 3.63) is 0 Å². The molecule has 2 nitrogen and oxygen atoms in total. The summed E-state index contributed by atoms with van der Waals surface area (Å²) >= 11 is 0. The predicted octanol–water partition coefficient (Wildman–Crippen LogP) is 3.50. The fourth-order valence-corrected chi connectivity index (χ4v) is 3.21. The summed E-state index contributed by atoms with van der Waals surface area (Å²) in [4.78, 5) is 0. The second-order valence-corrected chi connectivity index (χ2v) is 6.45. The summed E-state index contributed by atoms with van der Waals surface area (Å²) in [5.74, 6) is 0. The van der Waals surface area contributed by atoms with Gasteiger partial charge in [-0.1, -0.05) is 40.0 Å². The van der Waals surface area contributed by atoms with Gasteiger partial charge < -0.3 is 10.1 Å². The fraction of sp³-hybridized carbons (Fsp3) is 1.00. The Morgan fingerprint density at radius 1 is 1.18 bits per heavy atom. The third-order valence-corrected chi connectivity index (χ3v) is 4.73. The predicted molar refractivity (Wildman–Crippen MR) is 72.2 cm³/mol. The summed E-state index contributed by atoms with van der Waals surface area (Å²) in [6, 6.07) is 0.663. The minimum absolute atomic E-state index is 0.326. The molecule has 0 radical (unpaired) electrons. The van der Waals surface area contributed by atoms with Crippen LogP contribution in [0.15, 0.2) is 0 Å². The van der Waals surface area contributed by atoms with Gasteiger partial charge in [-0.2, -0.15) is 0 Å². The lowest BCUT2D eigenvalue weighted by Gasteiger charge is -2.53. The van der Waals surface area contributed by atoms with Crippen molar-refractivity contribution in [3.8, 4) is 0 Å². The van der Waals surface area contributed by atoms with Crippen LogP contribution in [-0.2, 0) is 4.74 Å². The van der Waals surface area contributed by atoms with E-state index < -0.39 is 0 Å². The van der Waals surface area contributed by atoms with Crippen molar-refractivity contribution in [1.29, 1.82) is 0 Å². The van der Waals surface area contributed by atoms with Gasteiger partial charge in [0.1, 0.15) is 0 Å². The lowest BCUT2D eigenvalue weighted by molar-refractivity contribution is -0.153. The summed E-state index contributed by atoms with van der Waals surface area (Å²) in [5.41, 5.74) is 0.326. The average Bonchev–Trinajstić information content (AvgIpc) is 2.34. The molecule has 0 spiro atoms. The van der Waals surface area contributed by atoms with E-state index in [9.17, 15) is 0 Å². The highest BCUT2D eigenvalue weighted by Crippen LogP contribution is 2.44. The monoisotopic (exact) mass is 239 g/mol. The van der Waals surface area contributed by atoms with Crippen LogP contribution in [0.4, 0.5) is 0 Å². The quantitative estimate of drug-likeness (QED) is 0.793. The molecule has 2 unspecified atom stereocenters. The van der Waals surface area contributed by atoms with Crippen LogP contribution in [-0.4, -0.2) is 24.8 Å². The zero-order valence-corrected chi connectivity index (χ0v) is 11.8. The van der Waals surface area contributed by atoms with Crippen molar-refractivity contribution in [2.24, 2.45) is 5.41 Å². The zero-order chi connectivity index (χ0) is 12.3. The minimum atomic E-state index is 0.326. The van der Waals surface area contributed by atoms with Crippen LogP contribution in [0.2, 0.25) is 0 Å². The van der Waals surface area contributed by atoms with Gasteiger partial charge in [-0.25, -0.2) is 0 Å². The Kier molecular flexibility index (Phi) is 4.48. The standard InChI is InChI=1S/C15H29NO/c1-4-10-16-13-11-14(15(13,2)3)17-12-8-6-5-7-9-12/h12-14,16H,4-11H2,1-3H3. The molecule has 2 saturated carbocycles. The Bertz CT molecular complexity index is 233. The third-order valence-electron chi connectivity index (χ3n) is 4.73. The first kappa shape index (κ1) is 13.4. The number of nitrogens with one attached hydrogen (secondary N) is 1. The Morgan fingerprint density at radius 3 is 2.47 bits per heavy atom. The molecule has 1 N–H and O–H groups in total. The largest absolute Gasteiger partial charge is 0.374 e. The van der Waals surface area contributed by atoms with Gasteiger partial charge in [0.15, 0.2) is 0 Å². The summed E-state index contributed by atoms with van der Waals surface area (Å²) in [5, 5.41) is 3.65. The Labute approximate surface area is 107 Å². The first-order valence-electron chi connectivity index (χ1n) is 7.53. The van der Waals surface area contributed by atoms with Crippen molar-refractivity contribution >= 4 is 0 Å². The van der Waals surface area contributed by atoms with Gasteiger partial charge in [0.2, 0.25) is 0 Å². The lowest BCUT2D eigenvalue weighted by atomic mass is 9.64. The molecule has 0 aromatic heterocycles. The van der Waals surface area contributed by atoms with Crippen LogP contribution in [0.3, 0.4) is 0 Å². The van der Waals surface area contributed by atoms with Crippen molar-refractivity contribution in [2.45, 2.75) is 84.0 Å². The molecular weight excluding hydrogens is 210 g/mol. The first-order valence-corrected chi connectivity index (χ1v) is 7.53. The van der Waals surface area contributed by atoms with E-state index in [0.29, 0.717) is 23.7 Å². The molecule has 0 aromatic rings. The first-order chi connectivity index (χ1) is 8.14. The van der Waals surface area contributed by atoms with E-state index in [1.165, 1.54) is 44.9 Å². The van der Waals surface area contributed by atoms with Gasteiger partial charge in [0.05, 0.1) is 12.2 Å². The number of hydrogen-bond donors (Lipinski definition) is 1. The Hall–Kier alpha value is -0.0800. The summed E-state index contributed by atoms with van der Waals surface area (Å²) in [6.07, 6.45) is 10.2. The van der Waals surface area contributed by atoms with Crippen LogP contribution in [0.1, 0.15) is 65.7 Å². The van der Waals surface area contributed by atoms with Gasteiger partial charge in [-0.05, 0) is 32.2 Å². The molecule has 2 aliphatic rings. The normalized spacial score (nSPS) is 33.4. The zero-order valence-electron chi connectivity index (χ0n) is 11.8. The number of ether oxygens (including phenoxy) is 1. The van der Waals surface area contributed by atoms with Gasteiger partial charge in [0, 0.05) is 11.5 Å². The molecule has 17 heavy (non-hydrogen) atoms. The number of rotatable bonds is 5. The van der Waals surface area contributed by atoms with E-state index in [1.807, 2.05) is 0 Å². The molecule has 100 valence electrons. The fourth-order valence-electron chi connectivity index (χ4n) is 3.21. The van der Waals surface area contributed by atoms with E-state index in [1.54, 1.807) is 0 Å². The highest BCUT2D eigenvalue weighted by atomic mass is 16.5. The van der Waals surface area contributed by atoms with Crippen LogP contribution < -0.4 is 5.32 Å². The maximum atomic E-state index is 6.31. The van der Waals surface area contributed by atoms with Gasteiger partial charge in [-0.3, -0.25) is 0 Å². The summed E-state index contributed by atoms with van der Waals surface area (Å²) in [6.45, 7) is 8.09. The molecule has 0 heterocycles. The number of hydrogen-bond acceptors (Lipinski definition) is 2. The van der Waals surface area contributed by atoms with E-state index in [0.717, 1.165) is 6.54 Å². The van der Waals surface area contributed by atoms with Crippen molar-refractivity contribution < 1.29 is 4.74 Å². The Morgan fingerprint density at radius 2 is 1.88 bits per heavy atom. The maximum Gasteiger partial charge on any atom is 0.0659 e. The molecule has 2 rings (SSSR count). The van der Waals surface area contributed by atoms with Gasteiger partial charge in [0.25, 0.3) is 0 Å². The van der Waals surface area contributed by atoms with Crippen molar-refractivity contribution in [1.82, 2.24) is 5.32 Å². The lowest BCUT2D eigenvalue weighted by Crippen LogP contribution is -2.61. The summed E-state index contributed by atoms with van der Waals surface area (Å²) < 4.78 is 6.31. The molecule has 2 aliphatic carbocycles. The molecule has 2 heteroatoms. The SMILES string of the molecule is CCCNC1CC(OC2CCCCC2)C1(C)C. The van der Waals surface area contributed by atoms with E-state index in [-0.39, 0.29) is 0 Å². The summed E-state index contributed by atoms with van der Waals surface area (Å²) in [7, 11) is 0. The van der Waals surface area contributed by atoms with Gasteiger partial charge >= 0.3 is 0 Å². The van der Waals surface area contributed by atoms with Crippen molar-refractivity contribution in [2.75, 3.05) is 6.54 Å². The molecule has 0 saturated heterocycles. The van der Waals surface area contributed by atoms with E-state index in [4.69, 9.17) is 4.74 Å². The maximum absolute atomic E-state index is 6.31. The molecule has 2 atom stereocenters. The van der Waals surface area contributed by atoms with E-state index >= 15 is 0 Å². The van der Waals surface area contributed by atoms with Crippen molar-refractivity contribution in [3.63, 3.8) is 0 Å². The van der Waals surface area contributed by atoms with Gasteiger partial charge in [-0.15, -0.1) is 0 Å². The topological polar surface area (TPSA) is 21.3 Å². The molecule has 0 amide bonds. The Balaban J connectivity index is 1.75. The smallest absolute Gasteiger partial charge is 0.0659 e. The van der Waals surface area contributed by atoms with E-state index in [2.05, 4.69) is 26.1 Å². The molecule has 2 fully saturated rings.